The van der Waals surface area contributed by atoms with Gasteiger partial charge < -0.3 is 14.0 Å². The number of nitrogens with zero attached hydrogens (tertiary/aromatic N) is 2. The van der Waals surface area contributed by atoms with Gasteiger partial charge in [-0.05, 0) is 35.4 Å². The predicted octanol–water partition coefficient (Wildman–Crippen LogP) is 2.65. The zero-order valence-electron chi connectivity index (χ0n) is 16.4. The van der Waals surface area contributed by atoms with Gasteiger partial charge in [-0.3, -0.25) is 14.9 Å². The van der Waals surface area contributed by atoms with Gasteiger partial charge in [0, 0.05) is 48.8 Å². The average Bonchev–Trinajstić information content (AvgIpc) is 3.10. The van der Waals surface area contributed by atoms with Gasteiger partial charge in [0.05, 0.1) is 20.3 Å². The maximum atomic E-state index is 11.9. The van der Waals surface area contributed by atoms with E-state index in [-0.39, 0.29) is 0 Å². The highest BCUT2D eigenvalue weighted by molar-refractivity contribution is 5.98. The molecule has 4 rings (SSSR count). The van der Waals surface area contributed by atoms with Gasteiger partial charge in [0.1, 0.15) is 5.75 Å². The third-order valence-corrected chi connectivity index (χ3v) is 5.34. The average molecular weight is 395 g/mol. The lowest BCUT2D eigenvalue weighted by molar-refractivity contribution is 0.0343. The van der Waals surface area contributed by atoms with Crippen molar-refractivity contribution in [1.82, 2.24) is 14.9 Å². The first-order valence-corrected chi connectivity index (χ1v) is 9.67. The molecule has 0 radical (unpaired) electrons. The first-order chi connectivity index (χ1) is 14.2. The van der Waals surface area contributed by atoms with Crippen LogP contribution in [-0.2, 0) is 17.8 Å². The van der Waals surface area contributed by atoms with Gasteiger partial charge in [0.2, 0.25) is 0 Å². The Bertz CT molecular complexity index is 991. The minimum Gasteiger partial charge on any atom is -0.497 e. The van der Waals surface area contributed by atoms with Crippen LogP contribution in [0.2, 0.25) is 0 Å². The summed E-state index contributed by atoms with van der Waals surface area (Å²) >= 11 is 0. The highest BCUT2D eigenvalue weighted by Crippen LogP contribution is 2.26. The molecule has 1 amide bonds. The van der Waals surface area contributed by atoms with Crippen LogP contribution in [0.4, 0.5) is 0 Å². The number of benzene rings is 2. The molecule has 1 saturated heterocycles. The van der Waals surface area contributed by atoms with Crippen molar-refractivity contribution >= 4 is 16.8 Å². The summed E-state index contributed by atoms with van der Waals surface area (Å²) in [5.41, 5.74) is 5.45. The third-order valence-electron chi connectivity index (χ3n) is 5.34. The number of hydroxylamine groups is 1. The van der Waals surface area contributed by atoms with Crippen molar-refractivity contribution in [2.75, 3.05) is 33.4 Å². The zero-order valence-corrected chi connectivity index (χ0v) is 16.4. The van der Waals surface area contributed by atoms with Crippen LogP contribution in [0, 0.1) is 0 Å². The maximum Gasteiger partial charge on any atom is 0.274 e. The molecular formula is C22H25N3O4. The lowest BCUT2D eigenvalue weighted by atomic mass is 10.1. The quantitative estimate of drug-likeness (QED) is 0.496. The fourth-order valence-electron chi connectivity index (χ4n) is 3.76. The van der Waals surface area contributed by atoms with Crippen molar-refractivity contribution in [2.45, 2.75) is 13.1 Å². The van der Waals surface area contributed by atoms with Crippen molar-refractivity contribution in [3.63, 3.8) is 0 Å². The Kier molecular flexibility index (Phi) is 5.80. The summed E-state index contributed by atoms with van der Waals surface area (Å²) in [5.74, 6) is 0.305. The van der Waals surface area contributed by atoms with E-state index in [4.69, 9.17) is 14.7 Å². The number of amides is 1. The summed E-state index contributed by atoms with van der Waals surface area (Å²) < 4.78 is 12.9. The summed E-state index contributed by atoms with van der Waals surface area (Å²) in [4.78, 5) is 14.3. The highest BCUT2D eigenvalue weighted by atomic mass is 16.5. The van der Waals surface area contributed by atoms with Crippen LogP contribution < -0.4 is 10.2 Å². The number of rotatable bonds is 6. The number of aromatic nitrogens is 1. The number of carbonyl (C=O) groups excluding carboxylic acids is 1. The molecule has 0 unspecified atom stereocenters. The molecule has 0 atom stereocenters. The number of fused-ring (bicyclic) bond motifs is 1. The normalized spacial score (nSPS) is 14.8. The minimum atomic E-state index is -0.515. The standard InChI is InChI=1S/C22H25N3O4/c1-28-19-5-2-16(3-6-19)13-25-15-18(14-24-8-10-29-11-9-24)20-7-4-17(12-21(20)25)22(26)23-27/h2-7,12,15,27H,8-11,13-14H2,1H3,(H,23,26). The van der Waals surface area contributed by atoms with Gasteiger partial charge in [0.25, 0.3) is 5.91 Å². The second-order valence-corrected chi connectivity index (χ2v) is 7.19. The summed E-state index contributed by atoms with van der Waals surface area (Å²) in [6.07, 6.45) is 2.16. The molecule has 7 heteroatoms. The van der Waals surface area contributed by atoms with E-state index in [1.807, 2.05) is 36.4 Å². The number of ether oxygens (including phenoxy) is 2. The number of hydrogen-bond acceptors (Lipinski definition) is 5. The van der Waals surface area contributed by atoms with E-state index in [1.54, 1.807) is 18.7 Å². The Morgan fingerprint density at radius 1 is 1.14 bits per heavy atom. The smallest absolute Gasteiger partial charge is 0.274 e. The highest BCUT2D eigenvalue weighted by Gasteiger charge is 2.16. The van der Waals surface area contributed by atoms with Gasteiger partial charge in [-0.1, -0.05) is 18.2 Å². The molecule has 0 spiro atoms. The molecule has 3 aromatic rings. The van der Waals surface area contributed by atoms with Crippen molar-refractivity contribution in [3.8, 4) is 5.75 Å². The molecule has 0 saturated carbocycles. The Morgan fingerprint density at radius 3 is 2.59 bits per heavy atom. The van der Waals surface area contributed by atoms with Crippen LogP contribution in [0.5, 0.6) is 5.75 Å². The van der Waals surface area contributed by atoms with Gasteiger partial charge in [0.15, 0.2) is 0 Å². The molecule has 1 aliphatic rings. The van der Waals surface area contributed by atoms with Crippen molar-refractivity contribution in [3.05, 3.63) is 65.4 Å². The van der Waals surface area contributed by atoms with Gasteiger partial charge in [-0.25, -0.2) is 5.48 Å². The van der Waals surface area contributed by atoms with E-state index in [1.165, 1.54) is 5.56 Å². The second-order valence-electron chi connectivity index (χ2n) is 7.19. The molecular weight excluding hydrogens is 370 g/mol. The van der Waals surface area contributed by atoms with E-state index in [9.17, 15) is 4.79 Å². The van der Waals surface area contributed by atoms with E-state index >= 15 is 0 Å². The molecule has 7 nitrogen and oxygen atoms in total. The first-order valence-electron chi connectivity index (χ1n) is 9.67. The molecule has 0 aliphatic carbocycles. The van der Waals surface area contributed by atoms with E-state index in [0.29, 0.717) is 12.1 Å². The Hall–Kier alpha value is -2.87. The van der Waals surface area contributed by atoms with Crippen LogP contribution in [-0.4, -0.2) is 54.0 Å². The van der Waals surface area contributed by atoms with Crippen LogP contribution in [0.15, 0.2) is 48.7 Å². The Labute approximate surface area is 169 Å². The maximum absolute atomic E-state index is 11.9. The Balaban J connectivity index is 1.70. The van der Waals surface area contributed by atoms with Crippen molar-refractivity contribution in [2.24, 2.45) is 0 Å². The molecule has 1 aromatic heterocycles. The van der Waals surface area contributed by atoms with Crippen LogP contribution >= 0.6 is 0 Å². The zero-order chi connectivity index (χ0) is 20.2. The SMILES string of the molecule is COc1ccc(Cn2cc(CN3CCOCC3)c3ccc(C(=O)NO)cc32)cc1. The van der Waals surface area contributed by atoms with Gasteiger partial charge >= 0.3 is 0 Å². The minimum absolute atomic E-state index is 0.423. The monoisotopic (exact) mass is 395 g/mol. The van der Waals surface area contributed by atoms with Crippen LogP contribution in [0.3, 0.4) is 0 Å². The number of morpholine rings is 1. The molecule has 1 fully saturated rings. The molecule has 2 N–H and O–H groups in total. The number of nitrogens with one attached hydrogen (secondary N) is 1. The number of carbonyl (C=O) groups is 1. The fraction of sp³-hybridized carbons (Fsp3) is 0.318. The lowest BCUT2D eigenvalue weighted by Gasteiger charge is -2.26. The second kappa shape index (κ2) is 8.65. The van der Waals surface area contributed by atoms with E-state index < -0.39 is 5.91 Å². The van der Waals surface area contributed by atoms with E-state index in [2.05, 4.69) is 15.7 Å². The summed E-state index contributed by atoms with van der Waals surface area (Å²) in [6.45, 7) is 4.84. The van der Waals surface area contributed by atoms with Crippen LogP contribution in [0.25, 0.3) is 10.9 Å². The van der Waals surface area contributed by atoms with Gasteiger partial charge in [-0.15, -0.1) is 0 Å². The molecule has 1 aliphatic heterocycles. The fourth-order valence-corrected chi connectivity index (χ4v) is 3.76. The van der Waals surface area contributed by atoms with Crippen molar-refractivity contribution < 1.29 is 19.5 Å². The summed E-state index contributed by atoms with van der Waals surface area (Å²) in [5, 5.41) is 10.1. The Morgan fingerprint density at radius 2 is 1.90 bits per heavy atom. The summed E-state index contributed by atoms with van der Waals surface area (Å²) in [7, 11) is 1.65. The number of methoxy groups -OCH3 is 1. The van der Waals surface area contributed by atoms with Crippen molar-refractivity contribution in [1.29, 1.82) is 0 Å². The van der Waals surface area contributed by atoms with E-state index in [0.717, 1.165) is 55.1 Å². The molecule has 2 heterocycles. The largest absolute Gasteiger partial charge is 0.497 e. The first kappa shape index (κ1) is 19.4. The molecule has 152 valence electrons. The predicted molar refractivity (Wildman–Crippen MR) is 109 cm³/mol. The molecule has 29 heavy (non-hydrogen) atoms. The summed E-state index contributed by atoms with van der Waals surface area (Å²) in [6, 6.07) is 13.5. The molecule has 2 aromatic carbocycles. The third kappa shape index (κ3) is 4.27. The number of hydrogen-bond donors (Lipinski definition) is 2. The van der Waals surface area contributed by atoms with Crippen LogP contribution in [0.1, 0.15) is 21.5 Å². The topological polar surface area (TPSA) is 76.0 Å². The lowest BCUT2D eigenvalue weighted by Crippen LogP contribution is -2.35. The van der Waals surface area contributed by atoms with Gasteiger partial charge in [-0.2, -0.15) is 0 Å². The molecule has 0 bridgehead atoms.